The van der Waals surface area contributed by atoms with Gasteiger partial charge in [0.15, 0.2) is 0 Å². The fourth-order valence-corrected chi connectivity index (χ4v) is 2.51. The molecule has 0 radical (unpaired) electrons. The first kappa shape index (κ1) is 14.5. The Morgan fingerprint density at radius 2 is 1.84 bits per heavy atom. The summed E-state index contributed by atoms with van der Waals surface area (Å²) in [5.41, 5.74) is 2.87. The lowest BCUT2D eigenvalue weighted by molar-refractivity contribution is 0.558. The number of hydrogen-bond donors (Lipinski definition) is 1. The zero-order valence-electron chi connectivity index (χ0n) is 11.1. The molecule has 0 saturated carbocycles. The minimum Gasteiger partial charge on any atom is -0.306 e. The average Bonchev–Trinajstić information content (AvgIpc) is 2.40. The summed E-state index contributed by atoms with van der Waals surface area (Å²) in [7, 11) is 0. The molecule has 0 aliphatic carbocycles. The van der Waals surface area contributed by atoms with Crippen molar-refractivity contribution in [2.75, 3.05) is 6.54 Å². The van der Waals surface area contributed by atoms with E-state index in [0.29, 0.717) is 5.56 Å². The lowest BCUT2D eigenvalue weighted by Crippen LogP contribution is -2.23. The van der Waals surface area contributed by atoms with Crippen molar-refractivity contribution in [1.82, 2.24) is 5.32 Å². The molecule has 0 aliphatic rings. The van der Waals surface area contributed by atoms with E-state index in [2.05, 4.69) is 40.0 Å². The van der Waals surface area contributed by atoms with Crippen molar-refractivity contribution in [3.05, 3.63) is 68.5 Å². The number of benzene rings is 2. The Labute approximate surface area is 127 Å². The summed E-state index contributed by atoms with van der Waals surface area (Å²) in [6, 6.07) is 13.4. The number of nitrogens with one attached hydrogen (secondary N) is 1. The molecule has 19 heavy (non-hydrogen) atoms. The van der Waals surface area contributed by atoms with Crippen LogP contribution in [0.5, 0.6) is 0 Å². The van der Waals surface area contributed by atoms with Gasteiger partial charge in [-0.1, -0.05) is 36.8 Å². The number of rotatable bonds is 4. The monoisotopic (exact) mass is 369 g/mol. The van der Waals surface area contributed by atoms with Gasteiger partial charge < -0.3 is 5.32 Å². The van der Waals surface area contributed by atoms with Crippen LogP contribution in [0.4, 0.5) is 4.39 Å². The Morgan fingerprint density at radius 3 is 2.47 bits per heavy atom. The Morgan fingerprint density at radius 1 is 1.16 bits per heavy atom. The number of hydrogen-bond acceptors (Lipinski definition) is 1. The molecule has 0 saturated heterocycles. The van der Waals surface area contributed by atoms with Crippen LogP contribution >= 0.6 is 22.6 Å². The van der Waals surface area contributed by atoms with Crippen molar-refractivity contribution >= 4 is 22.6 Å². The molecule has 0 aromatic heterocycles. The number of aryl methyl sites for hydroxylation is 1. The predicted molar refractivity (Wildman–Crippen MR) is 85.8 cm³/mol. The normalized spacial score (nSPS) is 12.4. The van der Waals surface area contributed by atoms with Crippen molar-refractivity contribution in [3.8, 4) is 0 Å². The first-order chi connectivity index (χ1) is 9.11. The van der Waals surface area contributed by atoms with Crippen LogP contribution in [0.15, 0.2) is 42.5 Å². The quantitative estimate of drug-likeness (QED) is 0.786. The Balaban J connectivity index is 2.44. The second-order valence-electron chi connectivity index (χ2n) is 4.57. The molecule has 2 aromatic carbocycles. The van der Waals surface area contributed by atoms with Crippen LogP contribution < -0.4 is 5.32 Å². The zero-order valence-corrected chi connectivity index (χ0v) is 13.2. The molecule has 2 aromatic rings. The van der Waals surface area contributed by atoms with Crippen molar-refractivity contribution in [2.24, 2.45) is 0 Å². The van der Waals surface area contributed by atoms with Crippen molar-refractivity contribution in [1.29, 1.82) is 0 Å². The standard InChI is InChI=1S/C16H17FIN/c1-3-19-16(12-5-7-13(18)8-6-12)14-10-11(2)4-9-15(14)17/h4-10,16,19H,3H2,1-2H3. The molecule has 2 rings (SSSR count). The first-order valence-electron chi connectivity index (χ1n) is 6.36. The van der Waals surface area contributed by atoms with Gasteiger partial charge in [0.25, 0.3) is 0 Å². The van der Waals surface area contributed by atoms with E-state index in [1.165, 1.54) is 3.57 Å². The van der Waals surface area contributed by atoms with Crippen LogP contribution in [-0.4, -0.2) is 6.54 Å². The van der Waals surface area contributed by atoms with Crippen LogP contribution in [0.1, 0.15) is 29.7 Å². The van der Waals surface area contributed by atoms with E-state index in [1.807, 2.05) is 32.0 Å². The molecule has 1 atom stereocenters. The largest absolute Gasteiger partial charge is 0.306 e. The molecular weight excluding hydrogens is 352 g/mol. The summed E-state index contributed by atoms with van der Waals surface area (Å²) in [6.07, 6.45) is 0. The van der Waals surface area contributed by atoms with Gasteiger partial charge in [0.2, 0.25) is 0 Å². The highest BCUT2D eigenvalue weighted by Gasteiger charge is 2.16. The van der Waals surface area contributed by atoms with Crippen LogP contribution in [0.3, 0.4) is 0 Å². The molecule has 0 bridgehead atoms. The highest BCUT2D eigenvalue weighted by Crippen LogP contribution is 2.26. The fraction of sp³-hybridized carbons (Fsp3) is 0.250. The maximum atomic E-state index is 14.1. The van der Waals surface area contributed by atoms with Crippen molar-refractivity contribution < 1.29 is 4.39 Å². The second-order valence-corrected chi connectivity index (χ2v) is 5.81. The van der Waals surface area contributed by atoms with Gasteiger partial charge in [-0.25, -0.2) is 4.39 Å². The van der Waals surface area contributed by atoms with E-state index in [4.69, 9.17) is 0 Å². The molecule has 1 unspecified atom stereocenters. The van der Waals surface area contributed by atoms with Crippen LogP contribution in [0, 0.1) is 16.3 Å². The van der Waals surface area contributed by atoms with Gasteiger partial charge in [-0.15, -0.1) is 0 Å². The highest BCUT2D eigenvalue weighted by atomic mass is 127. The summed E-state index contributed by atoms with van der Waals surface area (Å²) < 4.78 is 15.2. The molecule has 100 valence electrons. The van der Waals surface area contributed by atoms with Crippen LogP contribution in [0.25, 0.3) is 0 Å². The minimum absolute atomic E-state index is 0.0955. The van der Waals surface area contributed by atoms with E-state index in [9.17, 15) is 4.39 Å². The van der Waals surface area contributed by atoms with E-state index in [0.717, 1.165) is 17.7 Å². The van der Waals surface area contributed by atoms with E-state index in [1.54, 1.807) is 12.1 Å². The maximum Gasteiger partial charge on any atom is 0.128 e. The van der Waals surface area contributed by atoms with Gasteiger partial charge in [0, 0.05) is 9.13 Å². The Bertz CT molecular complexity index is 551. The molecule has 1 N–H and O–H groups in total. The maximum absolute atomic E-state index is 14.1. The van der Waals surface area contributed by atoms with Gasteiger partial charge in [-0.3, -0.25) is 0 Å². The molecule has 0 spiro atoms. The van der Waals surface area contributed by atoms with Crippen LogP contribution in [-0.2, 0) is 0 Å². The molecule has 0 fully saturated rings. The molecular formula is C16H17FIN. The summed E-state index contributed by atoms with van der Waals surface area (Å²) >= 11 is 2.27. The second kappa shape index (κ2) is 6.48. The molecule has 0 heterocycles. The van der Waals surface area contributed by atoms with Crippen molar-refractivity contribution in [3.63, 3.8) is 0 Å². The molecule has 0 amide bonds. The average molecular weight is 369 g/mol. The van der Waals surface area contributed by atoms with Gasteiger partial charge in [-0.05, 0) is 59.8 Å². The molecule has 0 aliphatic heterocycles. The topological polar surface area (TPSA) is 12.0 Å². The lowest BCUT2D eigenvalue weighted by atomic mass is 9.97. The third-order valence-corrected chi connectivity index (χ3v) is 3.79. The summed E-state index contributed by atoms with van der Waals surface area (Å²) in [6.45, 7) is 4.82. The number of halogens is 2. The smallest absolute Gasteiger partial charge is 0.128 e. The third-order valence-electron chi connectivity index (χ3n) is 3.07. The Kier molecular flexibility index (Phi) is 4.93. The SMILES string of the molecule is CCNC(c1ccc(I)cc1)c1cc(C)ccc1F. The van der Waals surface area contributed by atoms with Gasteiger partial charge in [-0.2, -0.15) is 0 Å². The third kappa shape index (κ3) is 3.54. The summed E-state index contributed by atoms with van der Waals surface area (Å²) in [5.74, 6) is -0.157. The first-order valence-corrected chi connectivity index (χ1v) is 7.44. The molecule has 1 nitrogen and oxygen atoms in total. The summed E-state index contributed by atoms with van der Waals surface area (Å²) in [4.78, 5) is 0. The van der Waals surface area contributed by atoms with Gasteiger partial charge in [0.1, 0.15) is 5.82 Å². The highest BCUT2D eigenvalue weighted by molar-refractivity contribution is 14.1. The Hall–Kier alpha value is -0.940. The van der Waals surface area contributed by atoms with Gasteiger partial charge >= 0.3 is 0 Å². The van der Waals surface area contributed by atoms with E-state index in [-0.39, 0.29) is 11.9 Å². The van der Waals surface area contributed by atoms with E-state index >= 15 is 0 Å². The predicted octanol–water partition coefficient (Wildman–Crippen LogP) is 4.44. The fourth-order valence-electron chi connectivity index (χ4n) is 2.15. The van der Waals surface area contributed by atoms with Gasteiger partial charge in [0.05, 0.1) is 6.04 Å². The van der Waals surface area contributed by atoms with Crippen molar-refractivity contribution in [2.45, 2.75) is 19.9 Å². The lowest BCUT2D eigenvalue weighted by Gasteiger charge is -2.20. The van der Waals surface area contributed by atoms with E-state index < -0.39 is 0 Å². The van der Waals surface area contributed by atoms with Crippen LogP contribution in [0.2, 0.25) is 0 Å². The minimum atomic E-state index is -0.157. The molecule has 3 heteroatoms. The summed E-state index contributed by atoms with van der Waals surface area (Å²) in [5, 5.41) is 3.36. The zero-order chi connectivity index (χ0) is 13.8.